The molecule has 1 aromatic carbocycles. The van der Waals surface area contributed by atoms with Gasteiger partial charge in [-0.15, -0.1) is 0 Å². The molecule has 1 aromatic rings. The second kappa shape index (κ2) is 8.54. The van der Waals surface area contributed by atoms with Crippen LogP contribution >= 0.6 is 0 Å². The summed E-state index contributed by atoms with van der Waals surface area (Å²) in [5.41, 5.74) is 3.19. The summed E-state index contributed by atoms with van der Waals surface area (Å²) in [6, 6.07) is 4.65. The van der Waals surface area contributed by atoms with Crippen molar-refractivity contribution in [3.8, 4) is 5.75 Å². The highest BCUT2D eigenvalue weighted by molar-refractivity contribution is 5.57. The zero-order chi connectivity index (χ0) is 22.0. The van der Waals surface area contributed by atoms with Gasteiger partial charge in [-0.2, -0.15) is 0 Å². The van der Waals surface area contributed by atoms with E-state index in [1.165, 1.54) is 5.56 Å². The van der Waals surface area contributed by atoms with E-state index >= 15 is 0 Å². The van der Waals surface area contributed by atoms with E-state index < -0.39 is 0 Å². The van der Waals surface area contributed by atoms with Gasteiger partial charge < -0.3 is 5.11 Å². The van der Waals surface area contributed by atoms with E-state index in [0.717, 1.165) is 49.7 Å². The Morgan fingerprint density at radius 3 is 1.32 bits per heavy atom. The number of rotatable bonds is 6. The van der Waals surface area contributed by atoms with Gasteiger partial charge in [0.1, 0.15) is 5.75 Å². The van der Waals surface area contributed by atoms with Crippen LogP contribution in [-0.4, -0.2) is 5.11 Å². The van der Waals surface area contributed by atoms with Crippen LogP contribution in [0, 0.1) is 0 Å². The highest BCUT2D eigenvalue weighted by Crippen LogP contribution is 2.50. The quantitative estimate of drug-likeness (QED) is 0.504. The molecule has 1 N–H and O–H groups in total. The molecule has 4 rings (SSSR count). The van der Waals surface area contributed by atoms with Crippen molar-refractivity contribution in [3.63, 3.8) is 0 Å². The second-order valence-corrected chi connectivity index (χ2v) is 9.42. The smallest absolute Gasteiger partial charge is 0.123 e. The zero-order valence-electron chi connectivity index (χ0n) is 19.3. The number of benzene rings is 1. The minimum absolute atomic E-state index is 0.0156. The van der Waals surface area contributed by atoms with Crippen LogP contribution in [0.3, 0.4) is 0 Å². The summed E-state index contributed by atoms with van der Waals surface area (Å²) in [4.78, 5) is 0. The first kappa shape index (κ1) is 21.7. The molecule has 0 heterocycles. The van der Waals surface area contributed by atoms with Gasteiger partial charge in [-0.3, -0.25) is 0 Å². The maximum Gasteiger partial charge on any atom is 0.123 e. The van der Waals surface area contributed by atoms with Crippen molar-refractivity contribution in [2.24, 2.45) is 0 Å². The Kier molecular flexibility index (Phi) is 5.97. The van der Waals surface area contributed by atoms with Gasteiger partial charge in [0.05, 0.1) is 0 Å². The van der Waals surface area contributed by atoms with Crippen LogP contribution in [0.4, 0.5) is 0 Å². The molecule has 1 heteroatoms. The van der Waals surface area contributed by atoms with Crippen molar-refractivity contribution < 1.29 is 5.11 Å². The van der Waals surface area contributed by atoms with Gasteiger partial charge >= 0.3 is 0 Å². The summed E-state index contributed by atoms with van der Waals surface area (Å²) in [7, 11) is 0. The molecule has 0 spiro atoms. The summed E-state index contributed by atoms with van der Waals surface area (Å²) in [5.74, 6) is 0.494. The van der Waals surface area contributed by atoms with E-state index in [1.807, 2.05) is 0 Å². The van der Waals surface area contributed by atoms with E-state index in [0.29, 0.717) is 5.75 Å². The summed E-state index contributed by atoms with van der Waals surface area (Å²) < 4.78 is 0. The Balaban J connectivity index is 1.99. The van der Waals surface area contributed by atoms with Gasteiger partial charge in [0, 0.05) is 27.4 Å². The molecule has 0 fully saturated rings. The SMILES string of the molecule is CCC1(c2cc(C3(CC)C=CC=CC3)c(O)c(C3(CC)C=CC=CC3)c2)C=CC=CC1. The van der Waals surface area contributed by atoms with Gasteiger partial charge in [-0.05, 0) is 44.1 Å². The van der Waals surface area contributed by atoms with E-state index in [1.54, 1.807) is 0 Å². The van der Waals surface area contributed by atoms with Gasteiger partial charge in [0.2, 0.25) is 0 Å². The third-order valence-corrected chi connectivity index (χ3v) is 8.08. The second-order valence-electron chi connectivity index (χ2n) is 9.42. The average molecular weight is 413 g/mol. The van der Waals surface area contributed by atoms with Crippen molar-refractivity contribution in [2.45, 2.75) is 75.5 Å². The molecule has 0 saturated heterocycles. The van der Waals surface area contributed by atoms with Gasteiger partial charge in [-0.25, -0.2) is 0 Å². The minimum atomic E-state index is -0.157. The third-order valence-electron chi connectivity index (χ3n) is 8.08. The lowest BCUT2D eigenvalue weighted by Crippen LogP contribution is -2.30. The van der Waals surface area contributed by atoms with E-state index in [9.17, 15) is 5.11 Å². The molecule has 0 amide bonds. The zero-order valence-corrected chi connectivity index (χ0v) is 19.3. The lowest BCUT2D eigenvalue weighted by atomic mass is 9.65. The summed E-state index contributed by atoms with van der Waals surface area (Å²) >= 11 is 0. The van der Waals surface area contributed by atoms with Crippen molar-refractivity contribution in [3.05, 3.63) is 102 Å². The Morgan fingerprint density at radius 2 is 1.00 bits per heavy atom. The Labute approximate surface area is 188 Å². The molecule has 3 aliphatic rings. The van der Waals surface area contributed by atoms with Crippen LogP contribution in [0.1, 0.15) is 76.0 Å². The lowest BCUT2D eigenvalue weighted by molar-refractivity contribution is 0.403. The largest absolute Gasteiger partial charge is 0.507 e. The van der Waals surface area contributed by atoms with E-state index in [4.69, 9.17) is 0 Å². The van der Waals surface area contributed by atoms with Crippen molar-refractivity contribution in [2.75, 3.05) is 0 Å². The molecule has 0 bridgehead atoms. The molecule has 0 radical (unpaired) electrons. The molecule has 3 unspecified atom stereocenters. The molecule has 3 atom stereocenters. The Bertz CT molecular complexity index is 942. The number of hydrogen-bond donors (Lipinski definition) is 1. The predicted octanol–water partition coefficient (Wildman–Crippen LogP) is 7.88. The minimum Gasteiger partial charge on any atom is -0.507 e. The van der Waals surface area contributed by atoms with Crippen molar-refractivity contribution in [1.29, 1.82) is 0 Å². The standard InChI is InChI=1S/C30H36O/c1-4-28(16-10-7-11-17-28)24-22-25(29(5-2)18-12-8-13-19-29)27(31)26(23-24)30(6-3)20-14-9-15-21-30/h7-16,18,20,22-23,31H,4-6,17,19,21H2,1-3H3. The Hall–Kier alpha value is -2.54. The molecule has 0 aliphatic heterocycles. The van der Waals surface area contributed by atoms with Crippen LogP contribution in [0.25, 0.3) is 0 Å². The fourth-order valence-corrected chi connectivity index (χ4v) is 5.66. The number of phenolic OH excluding ortho intramolecular Hbond substituents is 1. The van der Waals surface area contributed by atoms with Crippen LogP contribution in [0.2, 0.25) is 0 Å². The molecule has 3 aliphatic carbocycles. The summed E-state index contributed by atoms with van der Waals surface area (Å²) in [6.07, 6.45) is 32.5. The lowest BCUT2D eigenvalue weighted by Gasteiger charge is -2.39. The molecule has 31 heavy (non-hydrogen) atoms. The summed E-state index contributed by atoms with van der Waals surface area (Å²) in [6.45, 7) is 6.77. The fourth-order valence-electron chi connectivity index (χ4n) is 5.66. The highest BCUT2D eigenvalue weighted by atomic mass is 16.3. The van der Waals surface area contributed by atoms with Crippen molar-refractivity contribution >= 4 is 0 Å². The number of allylic oxidation sites excluding steroid dienone is 12. The highest BCUT2D eigenvalue weighted by Gasteiger charge is 2.39. The molecular formula is C30H36O. The van der Waals surface area contributed by atoms with Gasteiger partial charge in [-0.1, -0.05) is 106 Å². The maximum absolute atomic E-state index is 11.8. The van der Waals surface area contributed by atoms with Crippen molar-refractivity contribution in [1.82, 2.24) is 0 Å². The van der Waals surface area contributed by atoms with Crippen LogP contribution in [-0.2, 0) is 16.2 Å². The van der Waals surface area contributed by atoms with E-state index in [-0.39, 0.29) is 16.2 Å². The monoisotopic (exact) mass is 412 g/mol. The van der Waals surface area contributed by atoms with Crippen LogP contribution < -0.4 is 0 Å². The average Bonchev–Trinajstić information content (AvgIpc) is 2.85. The summed E-state index contributed by atoms with van der Waals surface area (Å²) in [5, 5.41) is 11.8. The molecule has 0 saturated carbocycles. The third kappa shape index (κ3) is 3.59. The van der Waals surface area contributed by atoms with Crippen LogP contribution in [0.15, 0.2) is 85.0 Å². The van der Waals surface area contributed by atoms with Gasteiger partial charge in [0.15, 0.2) is 0 Å². The fraction of sp³-hybridized carbons (Fsp3) is 0.400. The number of phenols is 1. The van der Waals surface area contributed by atoms with E-state index in [2.05, 4.69) is 106 Å². The predicted molar refractivity (Wildman–Crippen MR) is 133 cm³/mol. The first-order chi connectivity index (χ1) is 15.0. The maximum atomic E-state index is 11.8. The molecule has 0 aromatic heterocycles. The molecule has 162 valence electrons. The first-order valence-corrected chi connectivity index (χ1v) is 12.0. The van der Waals surface area contributed by atoms with Crippen LogP contribution in [0.5, 0.6) is 5.75 Å². The molecule has 1 nitrogen and oxygen atoms in total. The number of hydrogen-bond acceptors (Lipinski definition) is 1. The topological polar surface area (TPSA) is 20.2 Å². The molecular weight excluding hydrogens is 376 g/mol. The Morgan fingerprint density at radius 1 is 0.613 bits per heavy atom. The normalized spacial score (nSPS) is 31.5. The first-order valence-electron chi connectivity index (χ1n) is 12.0. The number of aromatic hydroxyl groups is 1. The van der Waals surface area contributed by atoms with Gasteiger partial charge in [0.25, 0.3) is 0 Å².